The standard InChI is InChI=1S/C16H35N3P2/c1-14(2,13(19-17)11-18-7)12-16(5,6)15(3,4)9-10-21(8)20/h11,17-18H,9-10,12,20H2,1-8H3/b13-11-,19-17?. The molecule has 0 amide bonds. The molecule has 0 aromatic carbocycles. The lowest BCUT2D eigenvalue weighted by Crippen LogP contribution is -2.37. The summed E-state index contributed by atoms with van der Waals surface area (Å²) in [5, 5.41) is 6.75. The molecule has 0 aliphatic rings. The summed E-state index contributed by atoms with van der Waals surface area (Å²) in [7, 11) is 4.90. The summed E-state index contributed by atoms with van der Waals surface area (Å²) in [4.78, 5) is 0. The fourth-order valence-electron chi connectivity index (χ4n) is 2.74. The topological polar surface area (TPSA) is 48.2 Å². The maximum absolute atomic E-state index is 7.44. The molecule has 2 N–H and O–H groups in total. The van der Waals surface area contributed by atoms with Crippen LogP contribution in [-0.2, 0) is 0 Å². The van der Waals surface area contributed by atoms with Crippen molar-refractivity contribution in [2.75, 3.05) is 19.9 Å². The van der Waals surface area contributed by atoms with Crippen molar-refractivity contribution in [1.29, 1.82) is 5.53 Å². The molecule has 21 heavy (non-hydrogen) atoms. The lowest BCUT2D eigenvalue weighted by molar-refractivity contribution is 0.0598. The Morgan fingerprint density at radius 3 is 2.10 bits per heavy atom. The van der Waals surface area contributed by atoms with Crippen LogP contribution in [0.15, 0.2) is 17.0 Å². The summed E-state index contributed by atoms with van der Waals surface area (Å²) in [6.45, 7) is 16.2. The van der Waals surface area contributed by atoms with E-state index in [0.29, 0.717) is 0 Å². The van der Waals surface area contributed by atoms with Gasteiger partial charge in [-0.3, -0.25) is 0 Å². The van der Waals surface area contributed by atoms with Crippen LogP contribution in [0.1, 0.15) is 54.4 Å². The summed E-state index contributed by atoms with van der Waals surface area (Å²) < 4.78 is 0. The van der Waals surface area contributed by atoms with Gasteiger partial charge in [0.15, 0.2) is 0 Å². The second-order valence-corrected chi connectivity index (χ2v) is 12.6. The number of hydrogen-bond donors (Lipinski definition) is 2. The van der Waals surface area contributed by atoms with Crippen LogP contribution in [0.2, 0.25) is 0 Å². The molecule has 0 radical (unpaired) electrons. The molecule has 0 aromatic heterocycles. The summed E-state index contributed by atoms with van der Waals surface area (Å²) in [5.74, 6) is 0. The van der Waals surface area contributed by atoms with E-state index in [1.807, 2.05) is 13.2 Å². The first-order valence-corrected chi connectivity index (χ1v) is 11.2. The molecule has 5 heteroatoms. The Hall–Kier alpha value is -0.000000000000000111. The van der Waals surface area contributed by atoms with Gasteiger partial charge >= 0.3 is 0 Å². The smallest absolute Gasteiger partial charge is 0.0835 e. The monoisotopic (exact) mass is 331 g/mol. The van der Waals surface area contributed by atoms with Crippen molar-refractivity contribution in [3.05, 3.63) is 11.9 Å². The van der Waals surface area contributed by atoms with Gasteiger partial charge in [-0.05, 0) is 36.5 Å². The predicted octanol–water partition coefficient (Wildman–Crippen LogP) is 5.84. The SMILES string of the molecule is CN/C=C(\N=N)C(C)(C)CC(C)(C)C(C)(C)CCP(C)P. The van der Waals surface area contributed by atoms with Crippen molar-refractivity contribution in [2.45, 2.75) is 54.4 Å². The third-order valence-electron chi connectivity index (χ3n) is 4.90. The van der Waals surface area contributed by atoms with Crippen LogP contribution in [0.3, 0.4) is 0 Å². The minimum Gasteiger partial charge on any atom is -0.392 e. The van der Waals surface area contributed by atoms with E-state index in [0.717, 1.165) is 12.1 Å². The maximum Gasteiger partial charge on any atom is 0.0835 e. The van der Waals surface area contributed by atoms with Crippen molar-refractivity contribution >= 4 is 16.5 Å². The molecule has 3 nitrogen and oxygen atoms in total. The molecule has 124 valence electrons. The van der Waals surface area contributed by atoms with Gasteiger partial charge in [-0.2, -0.15) is 5.11 Å². The molecule has 0 aromatic rings. The van der Waals surface area contributed by atoms with Crippen molar-refractivity contribution < 1.29 is 0 Å². The minimum absolute atomic E-state index is 0.0804. The van der Waals surface area contributed by atoms with E-state index in [1.165, 1.54) is 12.6 Å². The summed E-state index contributed by atoms with van der Waals surface area (Å²) in [6.07, 6.45) is 5.40. The Balaban J connectivity index is 5.16. The van der Waals surface area contributed by atoms with Gasteiger partial charge in [0.25, 0.3) is 0 Å². The predicted molar refractivity (Wildman–Crippen MR) is 100 cm³/mol. The zero-order valence-corrected chi connectivity index (χ0v) is 17.2. The van der Waals surface area contributed by atoms with Gasteiger partial charge in [0.05, 0.1) is 5.70 Å². The summed E-state index contributed by atoms with van der Waals surface area (Å²) >= 11 is 0. The number of hydrogen-bond acceptors (Lipinski definition) is 3. The molecular formula is C16H35N3P2. The molecule has 0 aliphatic heterocycles. The van der Waals surface area contributed by atoms with Crippen molar-refractivity contribution in [1.82, 2.24) is 5.32 Å². The molecule has 0 saturated heterocycles. The van der Waals surface area contributed by atoms with Crippen LogP contribution in [0.25, 0.3) is 0 Å². The second-order valence-electron chi connectivity index (χ2n) is 7.99. The number of rotatable bonds is 9. The van der Waals surface area contributed by atoms with E-state index in [2.05, 4.69) is 67.6 Å². The molecule has 0 aliphatic carbocycles. The van der Waals surface area contributed by atoms with E-state index in [9.17, 15) is 0 Å². The summed E-state index contributed by atoms with van der Waals surface area (Å²) in [5.41, 5.74) is 8.60. The van der Waals surface area contributed by atoms with Crippen LogP contribution >= 0.6 is 16.5 Å². The van der Waals surface area contributed by atoms with E-state index < -0.39 is 0 Å². The Bertz CT molecular complexity index is 372. The van der Waals surface area contributed by atoms with Crippen LogP contribution in [0, 0.1) is 21.8 Å². The Kier molecular flexibility index (Phi) is 8.02. The van der Waals surface area contributed by atoms with Crippen molar-refractivity contribution in [3.63, 3.8) is 0 Å². The fraction of sp³-hybridized carbons (Fsp3) is 0.875. The molecule has 0 saturated carbocycles. The zero-order valence-electron chi connectivity index (χ0n) is 15.2. The highest BCUT2D eigenvalue weighted by atomic mass is 32.0. The third kappa shape index (κ3) is 6.33. The minimum atomic E-state index is -0.108. The number of nitrogens with one attached hydrogen (secondary N) is 2. The van der Waals surface area contributed by atoms with Crippen molar-refractivity contribution in [3.8, 4) is 0 Å². The molecule has 0 fully saturated rings. The molecule has 0 heterocycles. The van der Waals surface area contributed by atoms with E-state index >= 15 is 0 Å². The highest BCUT2D eigenvalue weighted by Gasteiger charge is 2.41. The van der Waals surface area contributed by atoms with Gasteiger partial charge in [0.2, 0.25) is 0 Å². The molecule has 2 unspecified atom stereocenters. The average Bonchev–Trinajstić information content (AvgIpc) is 2.31. The lowest BCUT2D eigenvalue weighted by Gasteiger charge is -2.46. The first-order valence-electron chi connectivity index (χ1n) is 7.61. The van der Waals surface area contributed by atoms with E-state index in [1.54, 1.807) is 0 Å². The third-order valence-corrected chi connectivity index (χ3v) is 6.60. The molecule has 0 rings (SSSR count). The van der Waals surface area contributed by atoms with Gasteiger partial charge in [0.1, 0.15) is 0 Å². The van der Waals surface area contributed by atoms with E-state index in [4.69, 9.17) is 5.53 Å². The van der Waals surface area contributed by atoms with Gasteiger partial charge in [-0.25, -0.2) is 5.53 Å². The zero-order chi connectivity index (χ0) is 16.9. The number of allylic oxidation sites excluding steroid dienone is 1. The Labute approximate surface area is 135 Å². The van der Waals surface area contributed by atoms with Crippen LogP contribution in [0.4, 0.5) is 0 Å². The van der Waals surface area contributed by atoms with Crippen LogP contribution < -0.4 is 5.32 Å². The lowest BCUT2D eigenvalue weighted by atomic mass is 9.60. The Morgan fingerprint density at radius 2 is 1.71 bits per heavy atom. The molecular weight excluding hydrogens is 296 g/mol. The Morgan fingerprint density at radius 1 is 1.19 bits per heavy atom. The highest BCUT2D eigenvalue weighted by molar-refractivity contribution is 8.13. The van der Waals surface area contributed by atoms with Gasteiger partial charge < -0.3 is 5.32 Å². The first kappa shape index (κ1) is 21.0. The highest BCUT2D eigenvalue weighted by Crippen LogP contribution is 2.53. The fourth-order valence-corrected chi connectivity index (χ4v) is 4.04. The molecule has 0 bridgehead atoms. The first-order chi connectivity index (χ1) is 9.39. The molecule has 0 spiro atoms. The van der Waals surface area contributed by atoms with Crippen LogP contribution in [-0.4, -0.2) is 19.9 Å². The van der Waals surface area contributed by atoms with Crippen molar-refractivity contribution in [2.24, 2.45) is 21.4 Å². The van der Waals surface area contributed by atoms with Gasteiger partial charge in [0, 0.05) is 18.7 Å². The molecule has 2 atom stereocenters. The van der Waals surface area contributed by atoms with Gasteiger partial charge in [-0.1, -0.05) is 49.2 Å². The largest absolute Gasteiger partial charge is 0.392 e. The van der Waals surface area contributed by atoms with Gasteiger partial charge in [-0.15, -0.1) is 8.93 Å². The second kappa shape index (κ2) is 8.02. The maximum atomic E-state index is 7.44. The average molecular weight is 331 g/mol. The normalized spacial score (nSPS) is 15.8. The van der Waals surface area contributed by atoms with E-state index in [-0.39, 0.29) is 23.9 Å². The number of nitrogens with zero attached hydrogens (tertiary/aromatic N) is 1. The summed E-state index contributed by atoms with van der Waals surface area (Å²) in [6, 6.07) is 0. The van der Waals surface area contributed by atoms with Crippen LogP contribution in [0.5, 0.6) is 0 Å². The quantitative estimate of drug-likeness (QED) is 0.405.